The average Bonchev–Trinajstić information content (AvgIpc) is 2.27. The molecule has 1 aromatic heterocycles. The predicted octanol–water partition coefficient (Wildman–Crippen LogP) is 1.01. The van der Waals surface area contributed by atoms with Crippen molar-refractivity contribution in [3.8, 4) is 12.1 Å². The van der Waals surface area contributed by atoms with Crippen LogP contribution in [0.1, 0.15) is 11.1 Å². The van der Waals surface area contributed by atoms with Gasteiger partial charge in [0.25, 0.3) is 0 Å². The summed E-state index contributed by atoms with van der Waals surface area (Å²) in [5, 5.41) is 17.7. The molecule has 70 valence electrons. The second-order valence-corrected chi connectivity index (χ2v) is 3.11. The van der Waals surface area contributed by atoms with Crippen LogP contribution in [0.5, 0.6) is 0 Å². The number of Topliss-reactive ketones (excluding diaryl/α,β-unsaturated/α-hetero) is 1. The molecule has 0 atom stereocenters. The van der Waals surface area contributed by atoms with E-state index in [1.807, 2.05) is 6.07 Å². The molecule has 0 unspecified atom stereocenters. The zero-order valence-corrected chi connectivity index (χ0v) is 7.69. The molecule has 0 saturated carbocycles. The van der Waals surface area contributed by atoms with E-state index in [0.717, 1.165) is 0 Å². The Hall–Kier alpha value is -2.46. The first-order chi connectivity index (χ1) is 7.27. The van der Waals surface area contributed by atoms with E-state index in [0.29, 0.717) is 11.1 Å². The number of rotatable bonds is 0. The summed E-state index contributed by atoms with van der Waals surface area (Å²) in [6.45, 7) is 0. The van der Waals surface area contributed by atoms with Crippen LogP contribution < -0.4 is 0 Å². The quantitative estimate of drug-likeness (QED) is 0.618. The highest BCUT2D eigenvalue weighted by molar-refractivity contribution is 6.12. The maximum atomic E-state index is 11.5. The Morgan fingerprint density at radius 1 is 1.27 bits per heavy atom. The summed E-state index contributed by atoms with van der Waals surface area (Å²) in [4.78, 5) is 15.4. The molecule has 1 heterocycles. The van der Waals surface area contributed by atoms with E-state index >= 15 is 0 Å². The molecular weight excluding hydrogens is 190 g/mol. The maximum absolute atomic E-state index is 11.5. The number of hydrogen-bond donors (Lipinski definition) is 0. The predicted molar refractivity (Wildman–Crippen MR) is 51.1 cm³/mol. The molecule has 1 aliphatic rings. The largest absolute Gasteiger partial charge is 0.293 e. The van der Waals surface area contributed by atoms with Gasteiger partial charge in [0.1, 0.15) is 17.7 Å². The van der Waals surface area contributed by atoms with Crippen LogP contribution in [-0.4, -0.2) is 10.8 Å². The molecule has 15 heavy (non-hydrogen) atoms. The number of carbonyl (C=O) groups is 1. The normalized spacial score (nSPS) is 14.1. The van der Waals surface area contributed by atoms with Crippen molar-refractivity contribution in [3.63, 3.8) is 0 Å². The van der Waals surface area contributed by atoms with Gasteiger partial charge in [-0.1, -0.05) is 0 Å². The molecule has 4 nitrogen and oxygen atoms in total. The molecule has 0 aromatic carbocycles. The fraction of sp³-hybridized carbons (Fsp3) is 0.0909. The Morgan fingerprint density at radius 2 is 2.00 bits per heavy atom. The second kappa shape index (κ2) is 3.36. The standard InChI is InChI=1S/C11H5N3O/c12-4-9-8-1-2-14-6-7(8)3-11(15)10(9)5-13/h1-2,6H,3H2. The lowest BCUT2D eigenvalue weighted by Crippen LogP contribution is -2.14. The van der Waals surface area contributed by atoms with E-state index in [1.54, 1.807) is 24.5 Å². The maximum Gasteiger partial charge on any atom is 0.179 e. The summed E-state index contributed by atoms with van der Waals surface area (Å²) in [6.07, 6.45) is 3.25. The van der Waals surface area contributed by atoms with Gasteiger partial charge in [-0.2, -0.15) is 10.5 Å². The molecule has 0 fully saturated rings. The minimum absolute atomic E-state index is 0.0452. The molecule has 2 rings (SSSR count). The Bertz CT molecular complexity index is 558. The number of ketones is 1. The molecular formula is C11H5N3O. The third kappa shape index (κ3) is 1.29. The van der Waals surface area contributed by atoms with Crippen LogP contribution in [0.15, 0.2) is 24.0 Å². The van der Waals surface area contributed by atoms with Gasteiger partial charge in [-0.25, -0.2) is 0 Å². The lowest BCUT2D eigenvalue weighted by Gasteiger charge is -2.13. The summed E-state index contributed by atoms with van der Waals surface area (Å²) >= 11 is 0. The smallest absolute Gasteiger partial charge is 0.179 e. The lowest BCUT2D eigenvalue weighted by molar-refractivity contribution is -0.114. The van der Waals surface area contributed by atoms with E-state index < -0.39 is 0 Å². The highest BCUT2D eigenvalue weighted by Gasteiger charge is 2.25. The van der Waals surface area contributed by atoms with Gasteiger partial charge in [-0.3, -0.25) is 9.78 Å². The molecule has 0 radical (unpaired) electrons. The monoisotopic (exact) mass is 195 g/mol. The lowest BCUT2D eigenvalue weighted by atomic mass is 9.87. The molecule has 0 aliphatic heterocycles. The van der Waals surface area contributed by atoms with Crippen LogP contribution in [0, 0.1) is 22.7 Å². The fourth-order valence-electron chi connectivity index (χ4n) is 1.58. The van der Waals surface area contributed by atoms with Gasteiger partial charge in [-0.05, 0) is 11.6 Å². The van der Waals surface area contributed by atoms with Crippen molar-refractivity contribution >= 4 is 11.4 Å². The van der Waals surface area contributed by atoms with Gasteiger partial charge in [-0.15, -0.1) is 0 Å². The van der Waals surface area contributed by atoms with Crippen molar-refractivity contribution in [2.75, 3.05) is 0 Å². The van der Waals surface area contributed by atoms with E-state index in [2.05, 4.69) is 4.98 Å². The number of fused-ring (bicyclic) bond motifs is 1. The Labute approximate surface area is 86.1 Å². The van der Waals surface area contributed by atoms with Gasteiger partial charge >= 0.3 is 0 Å². The Morgan fingerprint density at radius 3 is 2.67 bits per heavy atom. The Balaban J connectivity index is 2.76. The summed E-state index contributed by atoms with van der Waals surface area (Å²) in [5.74, 6) is -0.311. The molecule has 0 saturated heterocycles. The summed E-state index contributed by atoms with van der Waals surface area (Å²) in [6, 6.07) is 5.33. The first-order valence-electron chi connectivity index (χ1n) is 4.29. The molecule has 0 bridgehead atoms. The van der Waals surface area contributed by atoms with E-state index in [-0.39, 0.29) is 23.4 Å². The average molecular weight is 195 g/mol. The fourth-order valence-corrected chi connectivity index (χ4v) is 1.58. The third-order valence-electron chi connectivity index (χ3n) is 2.28. The van der Waals surface area contributed by atoms with E-state index in [9.17, 15) is 4.79 Å². The second-order valence-electron chi connectivity index (χ2n) is 3.11. The van der Waals surface area contributed by atoms with Gasteiger partial charge in [0.05, 0.1) is 5.57 Å². The number of pyridine rings is 1. The zero-order chi connectivity index (χ0) is 10.8. The number of allylic oxidation sites excluding steroid dienone is 2. The number of nitrogens with zero attached hydrogens (tertiary/aromatic N) is 3. The van der Waals surface area contributed by atoms with E-state index in [4.69, 9.17) is 10.5 Å². The van der Waals surface area contributed by atoms with Crippen molar-refractivity contribution in [2.24, 2.45) is 0 Å². The van der Waals surface area contributed by atoms with Gasteiger partial charge in [0.15, 0.2) is 5.78 Å². The SMILES string of the molecule is N#CC1=C(C#N)c2ccncc2CC1=O. The van der Waals surface area contributed by atoms with Crippen molar-refractivity contribution in [2.45, 2.75) is 6.42 Å². The minimum atomic E-state index is -0.311. The number of nitriles is 2. The van der Waals surface area contributed by atoms with Crippen LogP contribution in [0.3, 0.4) is 0 Å². The molecule has 1 aromatic rings. The first kappa shape index (κ1) is 9.11. The van der Waals surface area contributed by atoms with Gasteiger partial charge < -0.3 is 0 Å². The molecule has 0 spiro atoms. The summed E-state index contributed by atoms with van der Waals surface area (Å²) < 4.78 is 0. The van der Waals surface area contributed by atoms with E-state index in [1.165, 1.54) is 0 Å². The van der Waals surface area contributed by atoms with Crippen LogP contribution >= 0.6 is 0 Å². The zero-order valence-electron chi connectivity index (χ0n) is 7.69. The van der Waals surface area contributed by atoms with Crippen molar-refractivity contribution in [1.82, 2.24) is 4.98 Å². The number of hydrogen-bond acceptors (Lipinski definition) is 4. The molecule has 0 amide bonds. The van der Waals surface area contributed by atoms with Crippen molar-refractivity contribution in [3.05, 3.63) is 35.2 Å². The molecule has 1 aliphatic carbocycles. The highest BCUT2D eigenvalue weighted by atomic mass is 16.1. The topological polar surface area (TPSA) is 77.5 Å². The van der Waals surface area contributed by atoms with Crippen LogP contribution in [0.4, 0.5) is 0 Å². The van der Waals surface area contributed by atoms with Crippen molar-refractivity contribution < 1.29 is 4.79 Å². The first-order valence-corrected chi connectivity index (χ1v) is 4.29. The Kier molecular flexibility index (Phi) is 2.04. The van der Waals surface area contributed by atoms with Gasteiger partial charge in [0, 0.05) is 24.4 Å². The third-order valence-corrected chi connectivity index (χ3v) is 2.28. The van der Waals surface area contributed by atoms with Gasteiger partial charge in [0.2, 0.25) is 0 Å². The minimum Gasteiger partial charge on any atom is -0.293 e. The molecule has 0 N–H and O–H groups in total. The van der Waals surface area contributed by atoms with Crippen LogP contribution in [0.2, 0.25) is 0 Å². The summed E-state index contributed by atoms with van der Waals surface area (Å²) in [5.41, 5.74) is 1.46. The van der Waals surface area contributed by atoms with Crippen LogP contribution in [-0.2, 0) is 11.2 Å². The number of aromatic nitrogens is 1. The van der Waals surface area contributed by atoms with Crippen molar-refractivity contribution in [1.29, 1.82) is 10.5 Å². The number of carbonyl (C=O) groups excluding carboxylic acids is 1. The highest BCUT2D eigenvalue weighted by Crippen LogP contribution is 2.27. The van der Waals surface area contributed by atoms with Crippen LogP contribution in [0.25, 0.3) is 5.57 Å². The molecule has 4 heteroatoms. The summed E-state index contributed by atoms with van der Waals surface area (Å²) in [7, 11) is 0.